The van der Waals surface area contributed by atoms with Crippen LogP contribution in [0.1, 0.15) is 33.4 Å². The van der Waals surface area contributed by atoms with Crippen molar-refractivity contribution in [2.75, 3.05) is 0 Å². The first-order valence-electron chi connectivity index (χ1n) is 21.7. The molecular formula is C60H54O5. The summed E-state index contributed by atoms with van der Waals surface area (Å²) < 4.78 is 29.1. The molecule has 0 saturated carbocycles. The molecule has 0 radical (unpaired) electrons. The highest BCUT2D eigenvalue weighted by Gasteiger charge is 2.04. The fourth-order valence-corrected chi connectivity index (χ4v) is 6.32. The molecule has 0 spiro atoms. The smallest absolute Gasteiger partial charge is 0.127 e. The van der Waals surface area contributed by atoms with Crippen molar-refractivity contribution < 1.29 is 23.7 Å². The molecule has 0 N–H and O–H groups in total. The zero-order valence-electron chi connectivity index (χ0n) is 37.8. The Bertz CT molecular complexity index is 2600. The summed E-state index contributed by atoms with van der Waals surface area (Å²) in [6, 6.07) is 72.1. The van der Waals surface area contributed by atoms with Crippen molar-refractivity contribution in [1.29, 1.82) is 0 Å². The summed E-state index contributed by atoms with van der Waals surface area (Å²) in [7, 11) is 0. The fraction of sp³-hybridized carbons (Fsp3) is 0.100. The van der Waals surface area contributed by atoms with Crippen LogP contribution in [-0.2, 0) is 0 Å². The zero-order chi connectivity index (χ0) is 45.4. The summed E-state index contributed by atoms with van der Waals surface area (Å²) in [5, 5.41) is 0. The molecule has 0 heterocycles. The third-order valence-corrected chi connectivity index (χ3v) is 10.2. The minimum Gasteiger partial charge on any atom is -0.457 e. The third kappa shape index (κ3) is 14.5. The number of benzene rings is 9. The van der Waals surface area contributed by atoms with Gasteiger partial charge in [0.15, 0.2) is 0 Å². The molecule has 9 aromatic rings. The van der Waals surface area contributed by atoms with E-state index < -0.39 is 0 Å². The topological polar surface area (TPSA) is 46.2 Å². The average molecular weight is 855 g/mol. The van der Waals surface area contributed by atoms with Gasteiger partial charge in [-0.1, -0.05) is 130 Å². The normalized spacial score (nSPS) is 10.3. The van der Waals surface area contributed by atoms with Crippen molar-refractivity contribution in [1.82, 2.24) is 0 Å². The fourth-order valence-electron chi connectivity index (χ4n) is 6.32. The highest BCUT2D eigenvalue weighted by molar-refractivity contribution is 5.65. The second-order valence-electron chi connectivity index (χ2n) is 15.9. The number of ether oxygens (including phenoxy) is 5. The minimum atomic E-state index is 0.792. The Morgan fingerprint density at radius 2 is 0.262 bits per heavy atom. The van der Waals surface area contributed by atoms with Crippen LogP contribution in [0.4, 0.5) is 0 Å². The highest BCUT2D eigenvalue weighted by Crippen LogP contribution is 2.30. The molecule has 0 unspecified atom stereocenters. The van der Waals surface area contributed by atoms with Gasteiger partial charge in [-0.25, -0.2) is 0 Å². The molecule has 0 saturated heterocycles. The third-order valence-electron chi connectivity index (χ3n) is 10.2. The standard InChI is InChI=1S/C26H22O2.C20H18O2.C14H14O/c1-19-3-11-23(12-4-19)27-25-15-7-21(8-16-25)22-9-17-26(18-10-22)28-24-13-5-20(2)6-14-24;1-15-3-7-17(8-4-15)21-19-11-13-20(14-12-19)22-18-9-5-16(2)6-10-18;1-11-3-7-13(8-4-11)15-14-9-5-12(2)6-10-14/h3-18H,1-2H3;3-14H,1-2H3;3-10H,1-2H3. The van der Waals surface area contributed by atoms with Crippen LogP contribution in [0.15, 0.2) is 218 Å². The van der Waals surface area contributed by atoms with Crippen molar-refractivity contribution in [2.45, 2.75) is 41.5 Å². The van der Waals surface area contributed by atoms with Crippen LogP contribution in [0.25, 0.3) is 11.1 Å². The maximum Gasteiger partial charge on any atom is 0.127 e. The average Bonchev–Trinajstić information content (AvgIpc) is 3.32. The Morgan fingerprint density at radius 1 is 0.154 bits per heavy atom. The predicted molar refractivity (Wildman–Crippen MR) is 266 cm³/mol. The van der Waals surface area contributed by atoms with E-state index in [0.717, 1.165) is 68.6 Å². The van der Waals surface area contributed by atoms with Crippen LogP contribution < -0.4 is 23.7 Å². The Balaban J connectivity index is 0.000000152. The van der Waals surface area contributed by atoms with Crippen LogP contribution in [0.3, 0.4) is 0 Å². The van der Waals surface area contributed by atoms with Gasteiger partial charge in [0.2, 0.25) is 0 Å². The lowest BCUT2D eigenvalue weighted by Crippen LogP contribution is -1.86. The first-order chi connectivity index (χ1) is 31.6. The van der Waals surface area contributed by atoms with Crippen molar-refractivity contribution in [2.24, 2.45) is 0 Å². The SMILES string of the molecule is Cc1ccc(Oc2ccc(-c3ccc(Oc4ccc(C)cc4)cc3)cc2)cc1.Cc1ccc(Oc2ccc(C)cc2)cc1.Cc1ccc(Oc2ccc(Oc3ccc(C)cc3)cc2)cc1. The van der Waals surface area contributed by atoms with Gasteiger partial charge in [0.1, 0.15) is 57.5 Å². The molecule has 0 aromatic heterocycles. The lowest BCUT2D eigenvalue weighted by atomic mass is 10.1. The van der Waals surface area contributed by atoms with Crippen LogP contribution in [0.5, 0.6) is 57.5 Å². The lowest BCUT2D eigenvalue weighted by Gasteiger charge is -2.09. The van der Waals surface area contributed by atoms with Crippen molar-refractivity contribution in [3.05, 3.63) is 252 Å². The Morgan fingerprint density at radius 3 is 0.400 bits per heavy atom. The molecule has 9 rings (SSSR count). The first-order valence-corrected chi connectivity index (χ1v) is 21.7. The molecular weight excluding hydrogens is 801 g/mol. The van der Waals surface area contributed by atoms with Crippen LogP contribution in [0.2, 0.25) is 0 Å². The quantitative estimate of drug-likeness (QED) is 0.130. The second-order valence-corrected chi connectivity index (χ2v) is 15.9. The lowest BCUT2D eigenvalue weighted by molar-refractivity contribution is 0.469. The second kappa shape index (κ2) is 22.4. The predicted octanol–water partition coefficient (Wildman–Crippen LogP) is 17.5. The van der Waals surface area contributed by atoms with Crippen LogP contribution >= 0.6 is 0 Å². The van der Waals surface area contributed by atoms with Gasteiger partial charge < -0.3 is 23.7 Å². The summed E-state index contributed by atoms with van der Waals surface area (Å²) in [6.45, 7) is 12.4. The van der Waals surface area contributed by atoms with Gasteiger partial charge >= 0.3 is 0 Å². The molecule has 0 fully saturated rings. The van der Waals surface area contributed by atoms with Gasteiger partial charge in [0.05, 0.1) is 0 Å². The monoisotopic (exact) mass is 854 g/mol. The maximum atomic E-state index is 5.90. The molecule has 65 heavy (non-hydrogen) atoms. The van der Waals surface area contributed by atoms with Gasteiger partial charge in [0, 0.05) is 0 Å². The van der Waals surface area contributed by atoms with E-state index in [2.05, 4.69) is 65.8 Å². The van der Waals surface area contributed by atoms with E-state index in [1.54, 1.807) is 0 Å². The molecule has 5 heteroatoms. The Kier molecular flexibility index (Phi) is 15.5. The largest absolute Gasteiger partial charge is 0.457 e. The Hall–Kier alpha value is -8.02. The molecule has 9 aromatic carbocycles. The maximum absolute atomic E-state index is 5.90. The Labute approximate surface area is 384 Å². The number of rotatable bonds is 11. The van der Waals surface area contributed by atoms with E-state index in [1.807, 2.05) is 194 Å². The van der Waals surface area contributed by atoms with E-state index in [1.165, 1.54) is 33.4 Å². The molecule has 0 atom stereocenters. The van der Waals surface area contributed by atoms with Gasteiger partial charge in [0.25, 0.3) is 0 Å². The summed E-state index contributed by atoms with van der Waals surface area (Å²) in [5.41, 5.74) is 9.63. The first kappa shape index (κ1) is 45.0. The van der Waals surface area contributed by atoms with Crippen LogP contribution in [-0.4, -0.2) is 0 Å². The number of hydrogen-bond donors (Lipinski definition) is 0. The summed E-state index contributed by atoms with van der Waals surface area (Å²) in [4.78, 5) is 0. The molecule has 0 aliphatic rings. The van der Waals surface area contributed by atoms with Gasteiger partial charge in [-0.15, -0.1) is 0 Å². The van der Waals surface area contributed by atoms with Crippen LogP contribution in [0, 0.1) is 41.5 Å². The zero-order valence-corrected chi connectivity index (χ0v) is 37.8. The van der Waals surface area contributed by atoms with Gasteiger partial charge in [-0.2, -0.15) is 0 Å². The summed E-state index contributed by atoms with van der Waals surface area (Å²) >= 11 is 0. The van der Waals surface area contributed by atoms with Crippen molar-refractivity contribution >= 4 is 0 Å². The molecule has 0 bridgehead atoms. The van der Waals surface area contributed by atoms with E-state index in [9.17, 15) is 0 Å². The van der Waals surface area contributed by atoms with Crippen molar-refractivity contribution in [3.63, 3.8) is 0 Å². The van der Waals surface area contributed by atoms with E-state index in [0.29, 0.717) is 0 Å². The van der Waals surface area contributed by atoms with E-state index >= 15 is 0 Å². The molecule has 5 nitrogen and oxygen atoms in total. The van der Waals surface area contributed by atoms with E-state index in [-0.39, 0.29) is 0 Å². The highest BCUT2D eigenvalue weighted by atomic mass is 16.5. The molecule has 0 amide bonds. The minimum absolute atomic E-state index is 0.792. The summed E-state index contributed by atoms with van der Waals surface area (Å²) in [6.07, 6.45) is 0. The number of aryl methyl sites for hydroxylation is 6. The van der Waals surface area contributed by atoms with E-state index in [4.69, 9.17) is 23.7 Å². The molecule has 0 aliphatic heterocycles. The van der Waals surface area contributed by atoms with Crippen molar-refractivity contribution in [3.8, 4) is 68.6 Å². The molecule has 0 aliphatic carbocycles. The van der Waals surface area contributed by atoms with Gasteiger partial charge in [-0.05, 0) is 174 Å². The number of hydrogen-bond acceptors (Lipinski definition) is 5. The van der Waals surface area contributed by atoms with Gasteiger partial charge in [-0.3, -0.25) is 0 Å². The molecule has 324 valence electrons. The summed E-state index contributed by atoms with van der Waals surface area (Å²) in [5.74, 6) is 8.34.